The lowest BCUT2D eigenvalue weighted by atomic mass is 10.1. The van der Waals surface area contributed by atoms with Crippen LogP contribution in [0, 0.1) is 0 Å². The van der Waals surface area contributed by atoms with Crippen molar-refractivity contribution in [3.8, 4) is 5.75 Å². The van der Waals surface area contributed by atoms with Gasteiger partial charge in [0.05, 0.1) is 13.3 Å². The molecule has 3 aromatic rings. The highest BCUT2D eigenvalue weighted by Crippen LogP contribution is 2.26. The van der Waals surface area contributed by atoms with Crippen LogP contribution in [0.2, 0.25) is 0 Å². The molecule has 0 saturated heterocycles. The van der Waals surface area contributed by atoms with E-state index >= 15 is 0 Å². The van der Waals surface area contributed by atoms with E-state index in [1.165, 1.54) is 5.56 Å². The van der Waals surface area contributed by atoms with E-state index in [4.69, 9.17) is 9.47 Å². The number of hydrogen-bond acceptors (Lipinski definition) is 4. The molecule has 1 N–H and O–H groups in total. The molecule has 2 heterocycles. The second-order valence-corrected chi connectivity index (χ2v) is 6.21. The van der Waals surface area contributed by atoms with Crippen LogP contribution in [0.3, 0.4) is 0 Å². The number of hydrogen-bond donors (Lipinski definition) is 1. The Labute approximate surface area is 152 Å². The van der Waals surface area contributed by atoms with Crippen molar-refractivity contribution in [3.05, 3.63) is 83.7 Å². The van der Waals surface area contributed by atoms with Crippen molar-refractivity contribution >= 4 is 11.6 Å². The zero-order valence-corrected chi connectivity index (χ0v) is 14.7. The molecule has 1 aliphatic heterocycles. The minimum absolute atomic E-state index is 0.477. The van der Waals surface area contributed by atoms with Crippen molar-refractivity contribution in [1.82, 2.24) is 10.2 Å². The summed E-state index contributed by atoms with van der Waals surface area (Å²) in [5.74, 6) is 2.63. The third kappa shape index (κ3) is 3.57. The molecule has 0 unspecified atom stereocenters. The van der Waals surface area contributed by atoms with Gasteiger partial charge in [-0.15, -0.1) is 0 Å². The minimum Gasteiger partial charge on any atom is -0.497 e. The third-order valence-corrected chi connectivity index (χ3v) is 4.42. The smallest absolute Gasteiger partial charge is 0.166 e. The fourth-order valence-corrected chi connectivity index (χ4v) is 2.98. The van der Waals surface area contributed by atoms with E-state index in [0.717, 1.165) is 41.4 Å². The van der Waals surface area contributed by atoms with Gasteiger partial charge in [-0.3, -0.25) is 10.00 Å². The summed E-state index contributed by atoms with van der Waals surface area (Å²) in [7, 11) is 1.69. The number of anilines is 1. The average Bonchev–Trinajstić information content (AvgIpc) is 3.37. The normalized spacial score (nSPS) is 13.4. The molecule has 1 aliphatic rings. The summed E-state index contributed by atoms with van der Waals surface area (Å²) >= 11 is 0. The quantitative estimate of drug-likeness (QED) is 0.732. The molecule has 0 aliphatic carbocycles. The van der Waals surface area contributed by atoms with E-state index in [-0.39, 0.29) is 0 Å². The van der Waals surface area contributed by atoms with Gasteiger partial charge < -0.3 is 9.47 Å². The molecule has 4 rings (SSSR count). The average molecular weight is 347 g/mol. The second-order valence-electron chi connectivity index (χ2n) is 6.21. The van der Waals surface area contributed by atoms with E-state index in [2.05, 4.69) is 28.4 Å². The van der Waals surface area contributed by atoms with E-state index in [0.29, 0.717) is 6.73 Å². The Morgan fingerprint density at radius 3 is 2.81 bits per heavy atom. The Hall–Kier alpha value is -3.21. The fraction of sp³-hybridized carbons (Fsp3) is 0.190. The highest BCUT2D eigenvalue weighted by molar-refractivity contribution is 5.65. The molecule has 5 heteroatoms. The predicted octanol–water partition coefficient (Wildman–Crippen LogP) is 4.00. The van der Waals surface area contributed by atoms with Gasteiger partial charge in [-0.05, 0) is 30.5 Å². The number of aromatic amines is 1. The molecule has 2 aromatic carbocycles. The topological polar surface area (TPSA) is 50.4 Å². The van der Waals surface area contributed by atoms with Gasteiger partial charge >= 0.3 is 0 Å². The molecule has 0 bridgehead atoms. The Bertz CT molecular complexity index is 902. The summed E-state index contributed by atoms with van der Waals surface area (Å²) in [6.07, 6.45) is 3.82. The lowest BCUT2D eigenvalue weighted by molar-refractivity contribution is 0.307. The van der Waals surface area contributed by atoms with Crippen LogP contribution >= 0.6 is 0 Å². The maximum Gasteiger partial charge on any atom is 0.166 e. The van der Waals surface area contributed by atoms with Crippen LogP contribution in [0.5, 0.6) is 5.75 Å². The number of methoxy groups -OCH3 is 1. The number of nitrogens with zero attached hydrogens (tertiary/aromatic N) is 2. The highest BCUT2D eigenvalue weighted by atomic mass is 16.5. The molecule has 26 heavy (non-hydrogen) atoms. The first-order valence-electron chi connectivity index (χ1n) is 8.66. The first kappa shape index (κ1) is 16.3. The van der Waals surface area contributed by atoms with Crippen LogP contribution < -0.4 is 9.64 Å². The monoisotopic (exact) mass is 347 g/mol. The number of ether oxygens (including phenoxy) is 2. The highest BCUT2D eigenvalue weighted by Gasteiger charge is 2.18. The van der Waals surface area contributed by atoms with Gasteiger partial charge in [0.2, 0.25) is 0 Å². The SMILES string of the molecule is COc1cccc(CCc2cc(N3C=C(c4ccccc4)OC3)n[nH]2)c1. The van der Waals surface area contributed by atoms with Gasteiger partial charge in [-0.2, -0.15) is 5.10 Å². The standard InChI is InChI=1S/C21H21N3O2/c1-25-19-9-5-6-16(12-19)10-11-18-13-21(23-22-18)24-14-20(26-15-24)17-7-3-2-4-8-17/h2-9,12-14H,10-11,15H2,1H3,(H,22,23). The van der Waals surface area contributed by atoms with Gasteiger partial charge in [0, 0.05) is 17.3 Å². The zero-order valence-electron chi connectivity index (χ0n) is 14.7. The molecular formula is C21H21N3O2. The number of aryl methyl sites for hydroxylation is 2. The summed E-state index contributed by atoms with van der Waals surface area (Å²) in [6.45, 7) is 0.477. The van der Waals surface area contributed by atoms with Gasteiger partial charge in [-0.1, -0.05) is 42.5 Å². The van der Waals surface area contributed by atoms with E-state index in [1.807, 2.05) is 53.6 Å². The Morgan fingerprint density at radius 1 is 1.08 bits per heavy atom. The summed E-state index contributed by atoms with van der Waals surface area (Å²) in [6, 6.07) is 20.3. The van der Waals surface area contributed by atoms with Crippen molar-refractivity contribution in [2.45, 2.75) is 12.8 Å². The summed E-state index contributed by atoms with van der Waals surface area (Å²) in [4.78, 5) is 2.01. The summed E-state index contributed by atoms with van der Waals surface area (Å²) in [5.41, 5.74) is 3.42. The fourth-order valence-electron chi connectivity index (χ4n) is 2.98. The van der Waals surface area contributed by atoms with Crippen LogP contribution in [-0.4, -0.2) is 24.0 Å². The first-order chi connectivity index (χ1) is 12.8. The summed E-state index contributed by atoms with van der Waals surface area (Å²) in [5, 5.41) is 7.55. The van der Waals surface area contributed by atoms with Crippen molar-refractivity contribution in [2.75, 3.05) is 18.7 Å². The van der Waals surface area contributed by atoms with Crippen molar-refractivity contribution in [1.29, 1.82) is 0 Å². The predicted molar refractivity (Wildman–Crippen MR) is 102 cm³/mol. The molecular weight excluding hydrogens is 326 g/mol. The number of nitrogens with one attached hydrogen (secondary N) is 1. The maximum atomic E-state index is 5.79. The molecule has 5 nitrogen and oxygen atoms in total. The molecule has 0 atom stereocenters. The summed E-state index contributed by atoms with van der Waals surface area (Å²) < 4.78 is 11.1. The molecule has 0 saturated carbocycles. The Morgan fingerprint density at radius 2 is 1.96 bits per heavy atom. The largest absolute Gasteiger partial charge is 0.497 e. The van der Waals surface area contributed by atoms with E-state index in [1.54, 1.807) is 7.11 Å². The van der Waals surface area contributed by atoms with Crippen LogP contribution in [0.1, 0.15) is 16.8 Å². The number of H-pyrrole nitrogens is 1. The number of aromatic nitrogens is 2. The maximum absolute atomic E-state index is 5.79. The lowest BCUT2D eigenvalue weighted by Crippen LogP contribution is -2.13. The van der Waals surface area contributed by atoms with E-state index in [9.17, 15) is 0 Å². The van der Waals surface area contributed by atoms with Crippen LogP contribution in [-0.2, 0) is 17.6 Å². The Balaban J connectivity index is 1.41. The minimum atomic E-state index is 0.477. The number of benzene rings is 2. The Kier molecular flexibility index (Phi) is 4.60. The first-order valence-corrected chi connectivity index (χ1v) is 8.66. The van der Waals surface area contributed by atoms with Crippen molar-refractivity contribution < 1.29 is 9.47 Å². The van der Waals surface area contributed by atoms with Gasteiger partial charge in [-0.25, -0.2) is 0 Å². The van der Waals surface area contributed by atoms with Gasteiger partial charge in [0.15, 0.2) is 12.5 Å². The van der Waals surface area contributed by atoms with Crippen LogP contribution in [0.15, 0.2) is 66.9 Å². The van der Waals surface area contributed by atoms with Crippen molar-refractivity contribution in [3.63, 3.8) is 0 Å². The number of rotatable bonds is 6. The molecule has 1 aromatic heterocycles. The van der Waals surface area contributed by atoms with E-state index < -0.39 is 0 Å². The van der Waals surface area contributed by atoms with Gasteiger partial charge in [0.25, 0.3) is 0 Å². The molecule has 0 spiro atoms. The van der Waals surface area contributed by atoms with Gasteiger partial charge in [0.1, 0.15) is 11.5 Å². The molecule has 0 fully saturated rings. The lowest BCUT2D eigenvalue weighted by Gasteiger charge is -2.08. The second kappa shape index (κ2) is 7.35. The van der Waals surface area contributed by atoms with Crippen LogP contribution in [0.25, 0.3) is 5.76 Å². The zero-order chi connectivity index (χ0) is 17.8. The molecule has 0 amide bonds. The van der Waals surface area contributed by atoms with Crippen molar-refractivity contribution in [2.24, 2.45) is 0 Å². The van der Waals surface area contributed by atoms with Crippen LogP contribution in [0.4, 0.5) is 5.82 Å². The molecule has 132 valence electrons. The third-order valence-electron chi connectivity index (χ3n) is 4.42. The molecule has 0 radical (unpaired) electrons.